The number of nitrogens with one attached hydrogen (secondary N) is 1. The van der Waals surface area contributed by atoms with Gasteiger partial charge in [0, 0.05) is 17.3 Å². The van der Waals surface area contributed by atoms with E-state index in [2.05, 4.69) is 10.3 Å². The molecule has 2 aromatic heterocycles. The van der Waals surface area contributed by atoms with Crippen molar-refractivity contribution < 1.29 is 14.7 Å². The number of carboxylic acid groups (broad SMARTS) is 1. The van der Waals surface area contributed by atoms with Gasteiger partial charge in [-0.2, -0.15) is 0 Å². The quantitative estimate of drug-likeness (QED) is 0.813. The maximum absolute atomic E-state index is 12.1. The summed E-state index contributed by atoms with van der Waals surface area (Å²) in [5, 5.41) is 16.4. The summed E-state index contributed by atoms with van der Waals surface area (Å²) in [6.07, 6.45) is 0.635. The zero-order valence-corrected chi connectivity index (χ0v) is 14.1. The van der Waals surface area contributed by atoms with E-state index < -0.39 is 11.5 Å². The molecule has 0 aliphatic carbocycles. The minimum atomic E-state index is -0.859. The Labute approximate surface area is 137 Å². The first-order valence-corrected chi connectivity index (χ1v) is 8.63. The van der Waals surface area contributed by atoms with Crippen LogP contribution in [0.3, 0.4) is 0 Å². The average molecular weight is 338 g/mol. The van der Waals surface area contributed by atoms with Gasteiger partial charge in [0.25, 0.3) is 0 Å². The molecule has 0 fully saturated rings. The monoisotopic (exact) mass is 338 g/mol. The number of nitrogens with zero attached hydrogens (tertiary/aromatic N) is 1. The highest BCUT2D eigenvalue weighted by Crippen LogP contribution is 2.27. The van der Waals surface area contributed by atoms with Crippen LogP contribution in [0.5, 0.6) is 0 Å². The molecule has 0 saturated heterocycles. The van der Waals surface area contributed by atoms with E-state index >= 15 is 0 Å². The summed E-state index contributed by atoms with van der Waals surface area (Å²) in [5.74, 6) is -0.999. The second-order valence-electron chi connectivity index (χ2n) is 5.62. The SMILES string of the molecule is CC(C)(CCC(=O)O)NC(=O)Cc1csc(-c2cccs2)n1. The van der Waals surface area contributed by atoms with Crippen LogP contribution in [0.1, 0.15) is 32.4 Å². The van der Waals surface area contributed by atoms with Crippen molar-refractivity contribution >= 4 is 34.6 Å². The van der Waals surface area contributed by atoms with Gasteiger partial charge >= 0.3 is 5.97 Å². The normalized spacial score (nSPS) is 11.4. The number of carbonyl (C=O) groups is 2. The molecule has 0 aromatic carbocycles. The van der Waals surface area contributed by atoms with E-state index in [4.69, 9.17) is 5.11 Å². The van der Waals surface area contributed by atoms with E-state index in [9.17, 15) is 9.59 Å². The third-order valence-corrected chi connectivity index (χ3v) is 5.00. The number of hydrogen-bond acceptors (Lipinski definition) is 5. The molecular formula is C15H18N2O3S2. The molecule has 0 bridgehead atoms. The van der Waals surface area contributed by atoms with Crippen molar-refractivity contribution in [3.63, 3.8) is 0 Å². The van der Waals surface area contributed by atoms with Crippen LogP contribution in [0.15, 0.2) is 22.9 Å². The maximum Gasteiger partial charge on any atom is 0.303 e. The van der Waals surface area contributed by atoms with Crippen LogP contribution >= 0.6 is 22.7 Å². The van der Waals surface area contributed by atoms with E-state index in [1.807, 2.05) is 36.7 Å². The number of thiazole rings is 1. The Kier molecular flexibility index (Phi) is 5.31. The molecule has 0 atom stereocenters. The molecule has 22 heavy (non-hydrogen) atoms. The second-order valence-corrected chi connectivity index (χ2v) is 7.43. The highest BCUT2D eigenvalue weighted by Gasteiger charge is 2.22. The van der Waals surface area contributed by atoms with Crippen molar-refractivity contribution in [1.29, 1.82) is 0 Å². The average Bonchev–Trinajstić information content (AvgIpc) is 3.06. The third kappa shape index (κ3) is 4.92. The number of amides is 1. The number of aliphatic carboxylic acids is 1. The fraction of sp³-hybridized carbons (Fsp3) is 0.400. The molecule has 2 heterocycles. The zero-order valence-electron chi connectivity index (χ0n) is 12.5. The van der Waals surface area contributed by atoms with Gasteiger partial charge in [0.2, 0.25) is 5.91 Å². The molecular weight excluding hydrogens is 320 g/mol. The second kappa shape index (κ2) is 7.02. The number of aromatic nitrogens is 1. The molecule has 0 saturated carbocycles. The Morgan fingerprint density at radius 1 is 1.36 bits per heavy atom. The molecule has 7 heteroatoms. The van der Waals surface area contributed by atoms with Crippen molar-refractivity contribution in [2.75, 3.05) is 0 Å². The molecule has 118 valence electrons. The summed E-state index contributed by atoms with van der Waals surface area (Å²) in [6.45, 7) is 3.65. The number of thiophene rings is 1. The lowest BCUT2D eigenvalue weighted by Gasteiger charge is -2.25. The number of carbonyl (C=O) groups excluding carboxylic acids is 1. The number of hydrogen-bond donors (Lipinski definition) is 2. The standard InChI is InChI=1S/C15H18N2O3S2/c1-15(2,6-5-13(19)20)17-12(18)8-10-9-22-14(16-10)11-4-3-7-21-11/h3-4,7,9H,5-6,8H2,1-2H3,(H,17,18)(H,19,20). The van der Waals surface area contributed by atoms with Crippen LogP contribution in [-0.2, 0) is 16.0 Å². The summed E-state index contributed by atoms with van der Waals surface area (Å²) < 4.78 is 0. The topological polar surface area (TPSA) is 79.3 Å². The van der Waals surface area contributed by atoms with Crippen molar-refractivity contribution in [3.8, 4) is 9.88 Å². The smallest absolute Gasteiger partial charge is 0.303 e. The van der Waals surface area contributed by atoms with Gasteiger partial charge in [-0.15, -0.1) is 22.7 Å². The lowest BCUT2D eigenvalue weighted by atomic mass is 9.98. The Hall–Kier alpha value is -1.73. The zero-order chi connectivity index (χ0) is 16.2. The van der Waals surface area contributed by atoms with Crippen molar-refractivity contribution in [2.45, 2.75) is 38.6 Å². The fourth-order valence-electron chi connectivity index (χ4n) is 1.97. The molecule has 0 aliphatic heterocycles. The minimum Gasteiger partial charge on any atom is -0.481 e. The van der Waals surface area contributed by atoms with E-state index in [0.29, 0.717) is 6.42 Å². The Balaban J connectivity index is 1.90. The molecule has 0 aliphatic rings. The summed E-state index contributed by atoms with van der Waals surface area (Å²) in [7, 11) is 0. The minimum absolute atomic E-state index is 0.0342. The molecule has 0 unspecified atom stereocenters. The van der Waals surface area contributed by atoms with Gasteiger partial charge in [-0.05, 0) is 31.7 Å². The van der Waals surface area contributed by atoms with Crippen LogP contribution in [0, 0.1) is 0 Å². The molecule has 1 amide bonds. The van der Waals surface area contributed by atoms with Gasteiger partial charge in [0.15, 0.2) is 0 Å². The largest absolute Gasteiger partial charge is 0.481 e. The van der Waals surface area contributed by atoms with Crippen molar-refractivity contribution in [3.05, 3.63) is 28.6 Å². The van der Waals surface area contributed by atoms with E-state index in [1.165, 1.54) is 11.3 Å². The molecule has 2 aromatic rings. The molecule has 2 rings (SSSR count). The maximum atomic E-state index is 12.1. The summed E-state index contributed by atoms with van der Waals surface area (Å²) in [5.41, 5.74) is 0.196. The summed E-state index contributed by atoms with van der Waals surface area (Å²) in [4.78, 5) is 28.3. The van der Waals surface area contributed by atoms with Crippen LogP contribution in [0.2, 0.25) is 0 Å². The number of rotatable bonds is 7. The highest BCUT2D eigenvalue weighted by atomic mass is 32.1. The summed E-state index contributed by atoms with van der Waals surface area (Å²) in [6, 6.07) is 3.97. The first kappa shape index (κ1) is 16.6. The van der Waals surface area contributed by atoms with Gasteiger partial charge in [-0.3, -0.25) is 9.59 Å². The van der Waals surface area contributed by atoms with Crippen LogP contribution in [0.4, 0.5) is 0 Å². The van der Waals surface area contributed by atoms with Gasteiger partial charge in [-0.25, -0.2) is 4.98 Å². The fourth-order valence-corrected chi connectivity index (χ4v) is 3.60. The lowest BCUT2D eigenvalue weighted by molar-refractivity contribution is -0.137. The van der Waals surface area contributed by atoms with Crippen LogP contribution in [-0.4, -0.2) is 27.5 Å². The highest BCUT2D eigenvalue weighted by molar-refractivity contribution is 7.20. The lowest BCUT2D eigenvalue weighted by Crippen LogP contribution is -2.44. The van der Waals surface area contributed by atoms with Gasteiger partial charge < -0.3 is 10.4 Å². The predicted octanol–water partition coefficient (Wildman–Crippen LogP) is 3.17. The molecule has 5 nitrogen and oxygen atoms in total. The van der Waals surface area contributed by atoms with Crippen molar-refractivity contribution in [2.24, 2.45) is 0 Å². The molecule has 0 spiro atoms. The third-order valence-electron chi connectivity index (χ3n) is 3.07. The van der Waals surface area contributed by atoms with Gasteiger partial charge in [0.05, 0.1) is 17.0 Å². The molecule has 2 N–H and O–H groups in total. The first-order valence-electron chi connectivity index (χ1n) is 6.87. The van der Waals surface area contributed by atoms with Gasteiger partial charge in [0.1, 0.15) is 5.01 Å². The Morgan fingerprint density at radius 3 is 2.77 bits per heavy atom. The Morgan fingerprint density at radius 2 is 2.14 bits per heavy atom. The van der Waals surface area contributed by atoms with Crippen LogP contribution in [0.25, 0.3) is 9.88 Å². The summed E-state index contributed by atoms with van der Waals surface area (Å²) >= 11 is 3.14. The van der Waals surface area contributed by atoms with E-state index in [0.717, 1.165) is 15.6 Å². The van der Waals surface area contributed by atoms with E-state index in [1.54, 1.807) is 11.3 Å². The molecule has 0 radical (unpaired) electrons. The number of carboxylic acids is 1. The van der Waals surface area contributed by atoms with Crippen LogP contribution < -0.4 is 5.32 Å². The predicted molar refractivity (Wildman–Crippen MR) is 88.2 cm³/mol. The Bertz CT molecular complexity index is 648. The van der Waals surface area contributed by atoms with E-state index in [-0.39, 0.29) is 18.7 Å². The van der Waals surface area contributed by atoms with Crippen molar-refractivity contribution in [1.82, 2.24) is 10.3 Å². The first-order chi connectivity index (χ1) is 10.4. The van der Waals surface area contributed by atoms with Gasteiger partial charge in [-0.1, -0.05) is 6.07 Å².